The van der Waals surface area contributed by atoms with Gasteiger partial charge in [-0.3, -0.25) is 9.59 Å². The van der Waals surface area contributed by atoms with Gasteiger partial charge in [-0.05, 0) is 29.8 Å². The summed E-state index contributed by atoms with van der Waals surface area (Å²) < 4.78 is 15.7. The van der Waals surface area contributed by atoms with Gasteiger partial charge >= 0.3 is 0 Å². The van der Waals surface area contributed by atoms with E-state index in [0.29, 0.717) is 23.8 Å². The average Bonchev–Trinajstić information content (AvgIpc) is 2.69. The normalized spacial score (nSPS) is 9.92. The zero-order valence-corrected chi connectivity index (χ0v) is 14.8. The number of para-hydroxylation sites is 1. The van der Waals surface area contributed by atoms with Crippen molar-refractivity contribution in [3.8, 4) is 17.2 Å². The molecule has 7 heteroatoms. The summed E-state index contributed by atoms with van der Waals surface area (Å²) in [6.07, 6.45) is 0. The molecule has 26 heavy (non-hydrogen) atoms. The van der Waals surface area contributed by atoms with Gasteiger partial charge in [0.25, 0.3) is 5.91 Å². The van der Waals surface area contributed by atoms with Crippen molar-refractivity contribution in [1.82, 2.24) is 10.6 Å². The van der Waals surface area contributed by atoms with Gasteiger partial charge in [-0.15, -0.1) is 0 Å². The van der Waals surface area contributed by atoms with Crippen LogP contribution < -0.4 is 24.8 Å². The second kappa shape index (κ2) is 9.93. The zero-order chi connectivity index (χ0) is 18.8. The summed E-state index contributed by atoms with van der Waals surface area (Å²) >= 11 is 0. The molecule has 7 nitrogen and oxygen atoms in total. The predicted molar refractivity (Wildman–Crippen MR) is 96.3 cm³/mol. The average molecular weight is 358 g/mol. The van der Waals surface area contributed by atoms with Crippen molar-refractivity contribution in [3.05, 3.63) is 54.1 Å². The van der Waals surface area contributed by atoms with E-state index in [1.165, 1.54) is 0 Å². The first-order valence-corrected chi connectivity index (χ1v) is 8.04. The molecule has 0 aliphatic heterocycles. The van der Waals surface area contributed by atoms with Gasteiger partial charge in [-0.25, -0.2) is 0 Å². The molecule has 2 aromatic carbocycles. The summed E-state index contributed by atoms with van der Waals surface area (Å²) in [4.78, 5) is 23.6. The van der Waals surface area contributed by atoms with Gasteiger partial charge in [0.1, 0.15) is 5.75 Å². The number of benzene rings is 2. The lowest BCUT2D eigenvalue weighted by Crippen LogP contribution is -2.38. The van der Waals surface area contributed by atoms with Crippen molar-refractivity contribution in [3.63, 3.8) is 0 Å². The van der Waals surface area contributed by atoms with Crippen molar-refractivity contribution >= 4 is 11.8 Å². The van der Waals surface area contributed by atoms with Crippen molar-refractivity contribution in [2.75, 3.05) is 27.4 Å². The predicted octanol–water partition coefficient (Wildman–Crippen LogP) is 1.52. The first kappa shape index (κ1) is 19.1. The largest absolute Gasteiger partial charge is 0.493 e. The highest BCUT2D eigenvalue weighted by atomic mass is 16.5. The molecule has 0 spiro atoms. The molecule has 0 unspecified atom stereocenters. The van der Waals surface area contributed by atoms with Crippen LogP contribution in [0.2, 0.25) is 0 Å². The van der Waals surface area contributed by atoms with Crippen LogP contribution in [0.1, 0.15) is 5.56 Å². The fraction of sp³-hybridized carbons (Fsp3) is 0.263. The van der Waals surface area contributed by atoms with E-state index in [9.17, 15) is 9.59 Å². The van der Waals surface area contributed by atoms with Gasteiger partial charge in [-0.2, -0.15) is 0 Å². The molecule has 2 N–H and O–H groups in total. The Morgan fingerprint density at radius 3 is 2.31 bits per heavy atom. The lowest BCUT2D eigenvalue weighted by atomic mass is 10.2. The molecular weight excluding hydrogens is 336 g/mol. The molecule has 0 radical (unpaired) electrons. The minimum absolute atomic E-state index is 0.121. The molecule has 0 aliphatic rings. The lowest BCUT2D eigenvalue weighted by molar-refractivity contribution is -0.127. The molecule has 2 amide bonds. The number of carbonyl (C=O) groups excluding carboxylic acids is 2. The van der Waals surface area contributed by atoms with Crippen molar-refractivity contribution in [2.45, 2.75) is 6.54 Å². The van der Waals surface area contributed by atoms with Crippen LogP contribution >= 0.6 is 0 Å². The first-order chi connectivity index (χ1) is 12.6. The maximum absolute atomic E-state index is 11.9. The van der Waals surface area contributed by atoms with Crippen LogP contribution in [0.5, 0.6) is 17.2 Å². The second-order valence-corrected chi connectivity index (χ2v) is 5.34. The van der Waals surface area contributed by atoms with Crippen LogP contribution in [0.3, 0.4) is 0 Å². The standard InChI is InChI=1S/C19H22N2O5/c1-24-16-9-8-14(10-17(16)25-2)11-20-18(22)12-21-19(23)13-26-15-6-4-3-5-7-15/h3-10H,11-13H2,1-2H3,(H,20,22)(H,21,23). The van der Waals surface area contributed by atoms with Crippen LogP contribution in [0, 0.1) is 0 Å². The Bertz CT molecular complexity index is 734. The molecule has 0 bridgehead atoms. The Morgan fingerprint density at radius 2 is 1.62 bits per heavy atom. The highest BCUT2D eigenvalue weighted by molar-refractivity contribution is 5.85. The molecule has 0 atom stereocenters. The first-order valence-electron chi connectivity index (χ1n) is 8.04. The number of hydrogen-bond acceptors (Lipinski definition) is 5. The summed E-state index contributed by atoms with van der Waals surface area (Å²) in [6.45, 7) is 0.0484. The Kier molecular flexibility index (Phi) is 7.30. The molecule has 2 rings (SSSR count). The molecule has 2 aromatic rings. The highest BCUT2D eigenvalue weighted by Crippen LogP contribution is 2.27. The van der Waals surface area contributed by atoms with E-state index in [4.69, 9.17) is 14.2 Å². The van der Waals surface area contributed by atoms with Crippen LogP contribution in [0.4, 0.5) is 0 Å². The van der Waals surface area contributed by atoms with Gasteiger partial charge < -0.3 is 24.8 Å². The molecule has 0 heterocycles. The fourth-order valence-electron chi connectivity index (χ4n) is 2.15. The van der Waals surface area contributed by atoms with E-state index in [1.54, 1.807) is 38.5 Å². The molecule has 0 fully saturated rings. The summed E-state index contributed by atoms with van der Waals surface area (Å²) in [7, 11) is 3.11. The number of hydrogen-bond donors (Lipinski definition) is 2. The third-order valence-corrected chi connectivity index (χ3v) is 3.50. The van der Waals surface area contributed by atoms with E-state index in [0.717, 1.165) is 5.56 Å². The van der Waals surface area contributed by atoms with Gasteiger partial charge in [0.2, 0.25) is 5.91 Å². The Hall–Kier alpha value is -3.22. The van der Waals surface area contributed by atoms with Crippen molar-refractivity contribution < 1.29 is 23.8 Å². The monoisotopic (exact) mass is 358 g/mol. The maximum atomic E-state index is 11.9. The SMILES string of the molecule is COc1ccc(CNC(=O)CNC(=O)COc2ccccc2)cc1OC. The minimum atomic E-state index is -0.366. The minimum Gasteiger partial charge on any atom is -0.493 e. The molecule has 0 aliphatic carbocycles. The highest BCUT2D eigenvalue weighted by Gasteiger charge is 2.08. The number of amides is 2. The zero-order valence-electron chi connectivity index (χ0n) is 14.8. The van der Waals surface area contributed by atoms with Crippen LogP contribution in [-0.2, 0) is 16.1 Å². The maximum Gasteiger partial charge on any atom is 0.258 e. The lowest BCUT2D eigenvalue weighted by Gasteiger charge is -2.11. The second-order valence-electron chi connectivity index (χ2n) is 5.34. The van der Waals surface area contributed by atoms with Crippen molar-refractivity contribution in [1.29, 1.82) is 0 Å². The van der Waals surface area contributed by atoms with Crippen molar-refractivity contribution in [2.24, 2.45) is 0 Å². The van der Waals surface area contributed by atoms with Crippen LogP contribution in [0.25, 0.3) is 0 Å². The topological polar surface area (TPSA) is 85.9 Å². The van der Waals surface area contributed by atoms with Gasteiger partial charge in [0.15, 0.2) is 18.1 Å². The van der Waals surface area contributed by atoms with Gasteiger partial charge in [-0.1, -0.05) is 24.3 Å². The Balaban J connectivity index is 1.71. The fourth-order valence-corrected chi connectivity index (χ4v) is 2.15. The summed E-state index contributed by atoms with van der Waals surface area (Å²) in [6, 6.07) is 14.4. The van der Waals surface area contributed by atoms with E-state index in [-0.39, 0.29) is 25.0 Å². The molecule has 0 aromatic heterocycles. The number of methoxy groups -OCH3 is 2. The number of nitrogens with one attached hydrogen (secondary N) is 2. The van der Waals surface area contributed by atoms with Crippen LogP contribution in [-0.4, -0.2) is 39.2 Å². The van der Waals surface area contributed by atoms with E-state index in [1.807, 2.05) is 24.3 Å². The Morgan fingerprint density at radius 1 is 0.885 bits per heavy atom. The summed E-state index contributed by atoms with van der Waals surface area (Å²) in [5.41, 5.74) is 0.856. The number of rotatable bonds is 9. The van der Waals surface area contributed by atoms with E-state index >= 15 is 0 Å². The third kappa shape index (κ3) is 6.01. The molecule has 0 saturated heterocycles. The Labute approximate surface area is 152 Å². The van der Waals surface area contributed by atoms with Crippen LogP contribution in [0.15, 0.2) is 48.5 Å². The van der Waals surface area contributed by atoms with E-state index < -0.39 is 0 Å². The third-order valence-electron chi connectivity index (χ3n) is 3.50. The van der Waals surface area contributed by atoms with Gasteiger partial charge in [0, 0.05) is 6.54 Å². The number of carbonyl (C=O) groups is 2. The van der Waals surface area contributed by atoms with Gasteiger partial charge in [0.05, 0.1) is 20.8 Å². The molecular formula is C19H22N2O5. The van der Waals surface area contributed by atoms with E-state index in [2.05, 4.69) is 10.6 Å². The summed E-state index contributed by atoms with van der Waals surface area (Å²) in [5, 5.41) is 5.24. The molecule has 138 valence electrons. The smallest absolute Gasteiger partial charge is 0.258 e. The quantitative estimate of drug-likeness (QED) is 0.710. The number of ether oxygens (including phenoxy) is 3. The summed E-state index contributed by atoms with van der Waals surface area (Å²) in [5.74, 6) is 1.14. The molecule has 0 saturated carbocycles.